The normalized spacial score (nSPS) is 50.6. The van der Waals surface area contributed by atoms with Gasteiger partial charge >= 0.3 is 5.97 Å². The highest BCUT2D eigenvalue weighted by molar-refractivity contribution is 5.77. The summed E-state index contributed by atoms with van der Waals surface area (Å²) in [5, 5.41) is 0. The van der Waals surface area contributed by atoms with Gasteiger partial charge in [0.15, 0.2) is 0 Å². The lowest BCUT2D eigenvalue weighted by Gasteiger charge is -2.33. The number of fused-ring (bicyclic) bond motifs is 2. The van der Waals surface area contributed by atoms with Gasteiger partial charge in [0.1, 0.15) is 6.10 Å². The lowest BCUT2D eigenvalue weighted by Crippen LogP contribution is -2.38. The Morgan fingerprint density at radius 1 is 1.15 bits per heavy atom. The summed E-state index contributed by atoms with van der Waals surface area (Å²) in [4.78, 5) is 12.5. The van der Waals surface area contributed by atoms with Gasteiger partial charge in [-0.3, -0.25) is 4.79 Å². The zero-order valence-electron chi connectivity index (χ0n) is 12.3. The van der Waals surface area contributed by atoms with Crippen molar-refractivity contribution in [2.45, 2.75) is 82.9 Å². The Balaban J connectivity index is 1.34. The van der Waals surface area contributed by atoms with E-state index in [1.54, 1.807) is 0 Å². The maximum Gasteiger partial charge on any atom is 0.312 e. The molecule has 20 heavy (non-hydrogen) atoms. The summed E-state index contributed by atoms with van der Waals surface area (Å²) >= 11 is 0. The van der Waals surface area contributed by atoms with E-state index in [0.717, 1.165) is 38.5 Å². The monoisotopic (exact) mass is 280 g/mol. The van der Waals surface area contributed by atoms with Crippen LogP contribution in [0.4, 0.5) is 0 Å². The van der Waals surface area contributed by atoms with Crippen molar-refractivity contribution in [2.75, 3.05) is 0 Å². The smallest absolute Gasteiger partial charge is 0.312 e. The summed E-state index contributed by atoms with van der Waals surface area (Å²) in [5.41, 5.74) is -0.334. The summed E-state index contributed by atoms with van der Waals surface area (Å²) in [6, 6.07) is 0. The summed E-state index contributed by atoms with van der Waals surface area (Å²) in [7, 11) is 0. The third-order valence-corrected chi connectivity index (χ3v) is 5.81. The van der Waals surface area contributed by atoms with Gasteiger partial charge in [0.2, 0.25) is 0 Å². The summed E-state index contributed by atoms with van der Waals surface area (Å²) in [6.07, 6.45) is 7.76. The van der Waals surface area contributed by atoms with Gasteiger partial charge in [0.05, 0.1) is 29.8 Å². The van der Waals surface area contributed by atoms with E-state index in [1.165, 1.54) is 0 Å². The van der Waals surface area contributed by atoms with Gasteiger partial charge in [-0.15, -0.1) is 0 Å². The van der Waals surface area contributed by atoms with E-state index in [-0.39, 0.29) is 17.5 Å². The van der Waals surface area contributed by atoms with Crippen molar-refractivity contribution < 1.29 is 19.0 Å². The van der Waals surface area contributed by atoms with E-state index >= 15 is 0 Å². The fraction of sp³-hybridized carbons (Fsp3) is 0.938. The summed E-state index contributed by atoms with van der Waals surface area (Å²) < 4.78 is 16.9. The Labute approximate surface area is 120 Å². The van der Waals surface area contributed by atoms with Crippen molar-refractivity contribution in [1.82, 2.24) is 0 Å². The highest BCUT2D eigenvalue weighted by Gasteiger charge is 2.53. The second-order valence-electron chi connectivity index (χ2n) is 7.41. The van der Waals surface area contributed by atoms with Gasteiger partial charge < -0.3 is 14.2 Å². The maximum absolute atomic E-state index is 12.5. The van der Waals surface area contributed by atoms with E-state index < -0.39 is 0 Å². The van der Waals surface area contributed by atoms with Crippen LogP contribution in [-0.2, 0) is 19.0 Å². The van der Waals surface area contributed by atoms with Crippen LogP contribution in [0.15, 0.2) is 0 Å². The topological polar surface area (TPSA) is 51.4 Å². The molecule has 0 spiro atoms. The van der Waals surface area contributed by atoms with E-state index in [0.29, 0.717) is 30.3 Å². The SMILES string of the molecule is CC(OC(=O)C1(C)CCC2OC2C1)C1CCC2OC2C1. The quantitative estimate of drug-likeness (QED) is 0.588. The molecule has 2 aliphatic carbocycles. The van der Waals surface area contributed by atoms with Gasteiger partial charge in [-0.25, -0.2) is 0 Å². The Bertz CT molecular complexity index is 423. The van der Waals surface area contributed by atoms with Crippen LogP contribution in [0.1, 0.15) is 52.4 Å². The van der Waals surface area contributed by atoms with Gasteiger partial charge in [-0.1, -0.05) is 0 Å². The molecule has 0 aromatic heterocycles. The van der Waals surface area contributed by atoms with E-state index in [1.807, 2.05) is 13.8 Å². The highest BCUT2D eigenvalue weighted by Crippen LogP contribution is 2.47. The first-order valence-corrected chi connectivity index (χ1v) is 8.07. The zero-order valence-corrected chi connectivity index (χ0v) is 12.3. The van der Waals surface area contributed by atoms with E-state index in [9.17, 15) is 4.79 Å². The fourth-order valence-electron chi connectivity index (χ4n) is 4.07. The van der Waals surface area contributed by atoms with Gasteiger partial charge in [-0.05, 0) is 58.3 Å². The molecule has 4 fully saturated rings. The lowest BCUT2D eigenvalue weighted by atomic mass is 9.75. The molecule has 0 radical (unpaired) electrons. The molecule has 0 amide bonds. The minimum atomic E-state index is -0.334. The molecule has 0 N–H and O–H groups in total. The van der Waals surface area contributed by atoms with Crippen molar-refractivity contribution in [1.29, 1.82) is 0 Å². The van der Waals surface area contributed by atoms with Crippen LogP contribution in [0.2, 0.25) is 0 Å². The molecule has 0 bridgehead atoms. The van der Waals surface area contributed by atoms with Crippen LogP contribution >= 0.6 is 0 Å². The van der Waals surface area contributed by atoms with Crippen LogP contribution < -0.4 is 0 Å². The lowest BCUT2D eigenvalue weighted by molar-refractivity contribution is -0.164. The second kappa shape index (κ2) is 4.44. The second-order valence-corrected chi connectivity index (χ2v) is 7.41. The fourth-order valence-corrected chi connectivity index (χ4v) is 4.07. The number of carbonyl (C=O) groups excluding carboxylic acids is 1. The minimum Gasteiger partial charge on any atom is -0.462 e. The van der Waals surface area contributed by atoms with Crippen LogP contribution in [0.3, 0.4) is 0 Å². The Morgan fingerprint density at radius 2 is 1.90 bits per heavy atom. The maximum atomic E-state index is 12.5. The van der Waals surface area contributed by atoms with Crippen LogP contribution in [-0.4, -0.2) is 36.5 Å². The first-order chi connectivity index (χ1) is 9.55. The summed E-state index contributed by atoms with van der Waals surface area (Å²) in [5.74, 6) is 0.456. The number of rotatable bonds is 3. The molecule has 2 aliphatic heterocycles. The Morgan fingerprint density at radius 3 is 2.65 bits per heavy atom. The number of carbonyl (C=O) groups is 1. The predicted molar refractivity (Wildman–Crippen MR) is 72.2 cm³/mol. The van der Waals surface area contributed by atoms with E-state index in [2.05, 4.69) is 0 Å². The molecular formula is C16H24O4. The largest absolute Gasteiger partial charge is 0.462 e. The van der Waals surface area contributed by atoms with Crippen molar-refractivity contribution in [3.8, 4) is 0 Å². The van der Waals surface area contributed by atoms with Crippen molar-refractivity contribution >= 4 is 5.97 Å². The molecule has 7 unspecified atom stereocenters. The molecule has 112 valence electrons. The number of ether oxygens (including phenoxy) is 3. The molecule has 4 aliphatic rings. The van der Waals surface area contributed by atoms with Crippen LogP contribution in [0.25, 0.3) is 0 Å². The van der Waals surface area contributed by atoms with Crippen molar-refractivity contribution in [3.05, 3.63) is 0 Å². The number of hydrogen-bond acceptors (Lipinski definition) is 4. The van der Waals surface area contributed by atoms with Crippen LogP contribution in [0, 0.1) is 11.3 Å². The third-order valence-electron chi connectivity index (χ3n) is 5.81. The number of esters is 1. The summed E-state index contributed by atoms with van der Waals surface area (Å²) in [6.45, 7) is 4.09. The average molecular weight is 280 g/mol. The van der Waals surface area contributed by atoms with Gasteiger partial charge in [-0.2, -0.15) is 0 Å². The van der Waals surface area contributed by atoms with Crippen molar-refractivity contribution in [3.63, 3.8) is 0 Å². The molecule has 2 heterocycles. The molecular weight excluding hydrogens is 256 g/mol. The number of hydrogen-bond donors (Lipinski definition) is 0. The van der Waals surface area contributed by atoms with Gasteiger partial charge in [0, 0.05) is 0 Å². The molecule has 4 nitrogen and oxygen atoms in total. The molecule has 2 saturated carbocycles. The molecule has 4 rings (SSSR count). The molecule has 7 atom stereocenters. The highest BCUT2D eigenvalue weighted by atomic mass is 16.6. The number of epoxide rings is 2. The third kappa shape index (κ3) is 2.27. The van der Waals surface area contributed by atoms with E-state index in [4.69, 9.17) is 14.2 Å². The minimum absolute atomic E-state index is 0.0159. The Kier molecular flexibility index (Phi) is 2.90. The molecule has 0 aromatic rings. The van der Waals surface area contributed by atoms with Crippen LogP contribution in [0.5, 0.6) is 0 Å². The first kappa shape index (κ1) is 13.1. The van der Waals surface area contributed by atoms with Gasteiger partial charge in [0.25, 0.3) is 0 Å². The predicted octanol–water partition coefficient (Wildman–Crippen LogP) is 2.44. The first-order valence-electron chi connectivity index (χ1n) is 8.07. The molecule has 2 saturated heterocycles. The standard InChI is InChI=1S/C16H24O4/c1-9(10-3-4-11-13(7-10)19-11)18-15(17)16(2)6-5-12-14(8-16)20-12/h9-14H,3-8H2,1-2H3. The zero-order chi connectivity index (χ0) is 13.9. The molecule has 0 aromatic carbocycles. The average Bonchev–Trinajstić information content (AvgIpc) is 3.31. The Hall–Kier alpha value is -0.610. The molecule has 4 heteroatoms. The van der Waals surface area contributed by atoms with Crippen molar-refractivity contribution in [2.24, 2.45) is 11.3 Å².